The molecule has 228 valence electrons. The van der Waals surface area contributed by atoms with Crippen molar-refractivity contribution in [2.24, 2.45) is 0 Å². The van der Waals surface area contributed by atoms with Crippen molar-refractivity contribution in [2.45, 2.75) is 13.8 Å². The zero-order chi connectivity index (χ0) is 32.5. The van der Waals surface area contributed by atoms with Crippen LogP contribution in [-0.2, 0) is 0 Å². The Kier molecular flexibility index (Phi) is 7.60. The van der Waals surface area contributed by atoms with Gasteiger partial charge in [0.15, 0.2) is 11.6 Å². The van der Waals surface area contributed by atoms with E-state index in [0.717, 1.165) is 73.1 Å². The largest absolute Gasteiger partial charge is 0.233 e. The third-order valence-corrected chi connectivity index (χ3v) is 8.59. The second kappa shape index (κ2) is 12.5. The van der Waals surface area contributed by atoms with Gasteiger partial charge in [-0.3, -0.25) is 0 Å². The third-order valence-electron chi connectivity index (χ3n) is 8.59. The van der Waals surface area contributed by atoms with Gasteiger partial charge in [-0.2, -0.15) is 0 Å². The Morgan fingerprint density at radius 2 is 0.833 bits per heavy atom. The monoisotopic (exact) mass is 616 g/mol. The molecule has 4 nitrogen and oxygen atoms in total. The van der Waals surface area contributed by atoms with Crippen molar-refractivity contribution in [1.29, 1.82) is 0 Å². The maximum Gasteiger partial charge on any atom is 0.160 e. The summed E-state index contributed by atoms with van der Waals surface area (Å²) in [6.45, 7) is 4.02. The van der Waals surface area contributed by atoms with Gasteiger partial charge in [-0.05, 0) is 83.3 Å². The van der Waals surface area contributed by atoms with Gasteiger partial charge >= 0.3 is 0 Å². The first-order valence-electron chi connectivity index (χ1n) is 16.1. The van der Waals surface area contributed by atoms with E-state index in [2.05, 4.69) is 115 Å². The maximum atomic E-state index is 5.18. The molecule has 0 saturated heterocycles. The molecule has 0 aliphatic carbocycles. The van der Waals surface area contributed by atoms with Crippen LogP contribution >= 0.6 is 0 Å². The van der Waals surface area contributed by atoms with Crippen LogP contribution in [0.3, 0.4) is 0 Å². The summed E-state index contributed by atoms with van der Waals surface area (Å²) in [5.74, 6) is 1.40. The van der Waals surface area contributed by atoms with E-state index in [-0.39, 0.29) is 0 Å². The highest BCUT2D eigenvalue weighted by atomic mass is 14.9. The van der Waals surface area contributed by atoms with Gasteiger partial charge in [0.2, 0.25) is 0 Å². The molecule has 0 bridgehead atoms. The molecule has 2 aromatic heterocycles. The SMILES string of the molecule is Cc1cc(C)nc(-c2cccc(-c3cc(-c4nc(-c5ccccc5)cc(-c5ccccc5)n4)cc(-c4cccc5ccccc45)c3)c2)n1. The second-order valence-corrected chi connectivity index (χ2v) is 12.1. The van der Waals surface area contributed by atoms with E-state index in [0.29, 0.717) is 5.82 Å². The lowest BCUT2D eigenvalue weighted by atomic mass is 9.92. The number of hydrogen-bond acceptors (Lipinski definition) is 4. The Morgan fingerprint density at radius 3 is 1.54 bits per heavy atom. The lowest BCUT2D eigenvalue weighted by molar-refractivity contribution is 1.06. The standard InChI is InChI=1S/C44H32N4/c1-29-23-30(2)46-43(45-29)35-20-11-19-34(24-35)36-25-37(40-22-12-18-31-13-9-10-21-39(31)40)27-38(26-36)44-47-41(32-14-5-3-6-15-32)28-42(48-44)33-16-7-4-8-17-33/h3-28H,1-2H3. The first-order valence-corrected chi connectivity index (χ1v) is 16.1. The molecule has 0 atom stereocenters. The minimum Gasteiger partial charge on any atom is -0.233 e. The van der Waals surface area contributed by atoms with Gasteiger partial charge in [0.1, 0.15) is 0 Å². The number of rotatable bonds is 6. The predicted molar refractivity (Wildman–Crippen MR) is 197 cm³/mol. The van der Waals surface area contributed by atoms with Crippen LogP contribution in [-0.4, -0.2) is 19.9 Å². The second-order valence-electron chi connectivity index (χ2n) is 12.1. The van der Waals surface area contributed by atoms with Crippen molar-refractivity contribution < 1.29 is 0 Å². The third kappa shape index (κ3) is 5.88. The van der Waals surface area contributed by atoms with Crippen molar-refractivity contribution in [1.82, 2.24) is 19.9 Å². The number of aryl methyl sites for hydroxylation is 2. The molecule has 0 fully saturated rings. The quantitative estimate of drug-likeness (QED) is 0.186. The van der Waals surface area contributed by atoms with Gasteiger partial charge in [-0.1, -0.05) is 121 Å². The van der Waals surface area contributed by atoms with Gasteiger partial charge in [0.05, 0.1) is 11.4 Å². The topological polar surface area (TPSA) is 51.6 Å². The molecule has 2 heterocycles. The van der Waals surface area contributed by atoms with Crippen LogP contribution in [0.15, 0.2) is 158 Å². The number of hydrogen-bond donors (Lipinski definition) is 0. The lowest BCUT2D eigenvalue weighted by Gasteiger charge is -2.14. The van der Waals surface area contributed by atoms with Gasteiger partial charge in [0, 0.05) is 33.6 Å². The molecule has 0 N–H and O–H groups in total. The minimum absolute atomic E-state index is 0.673. The lowest BCUT2D eigenvalue weighted by Crippen LogP contribution is -1.97. The van der Waals surface area contributed by atoms with Crippen LogP contribution in [0.25, 0.3) is 78.3 Å². The van der Waals surface area contributed by atoms with Crippen LogP contribution in [0.2, 0.25) is 0 Å². The first kappa shape index (κ1) is 29.2. The Labute approximate surface area is 280 Å². The number of nitrogens with zero attached hydrogens (tertiary/aromatic N) is 4. The van der Waals surface area contributed by atoms with Crippen LogP contribution in [0.1, 0.15) is 11.4 Å². The van der Waals surface area contributed by atoms with E-state index in [1.807, 2.05) is 56.3 Å². The fraction of sp³-hybridized carbons (Fsp3) is 0.0455. The Bertz CT molecular complexity index is 2330. The highest BCUT2D eigenvalue weighted by Crippen LogP contribution is 2.37. The molecular weight excluding hydrogens is 585 g/mol. The summed E-state index contributed by atoms with van der Waals surface area (Å²) < 4.78 is 0. The van der Waals surface area contributed by atoms with Gasteiger partial charge < -0.3 is 0 Å². The molecule has 8 aromatic rings. The number of fused-ring (bicyclic) bond motifs is 1. The first-order chi connectivity index (χ1) is 23.6. The van der Waals surface area contributed by atoms with Gasteiger partial charge in [-0.15, -0.1) is 0 Å². The highest BCUT2D eigenvalue weighted by Gasteiger charge is 2.15. The summed E-state index contributed by atoms with van der Waals surface area (Å²) in [6, 6.07) is 54.9. The zero-order valence-electron chi connectivity index (χ0n) is 26.8. The Morgan fingerprint density at radius 1 is 0.333 bits per heavy atom. The summed E-state index contributed by atoms with van der Waals surface area (Å²) in [7, 11) is 0. The van der Waals surface area contributed by atoms with E-state index < -0.39 is 0 Å². The van der Waals surface area contributed by atoms with Crippen LogP contribution in [0.4, 0.5) is 0 Å². The zero-order valence-corrected chi connectivity index (χ0v) is 26.8. The highest BCUT2D eigenvalue weighted by molar-refractivity contribution is 5.98. The average Bonchev–Trinajstić information content (AvgIpc) is 3.14. The van der Waals surface area contributed by atoms with Crippen molar-refractivity contribution in [3.05, 3.63) is 169 Å². The normalized spacial score (nSPS) is 11.1. The smallest absolute Gasteiger partial charge is 0.160 e. The average molecular weight is 617 g/mol. The van der Waals surface area contributed by atoms with Crippen molar-refractivity contribution >= 4 is 10.8 Å². The molecule has 0 amide bonds. The van der Waals surface area contributed by atoms with E-state index >= 15 is 0 Å². The van der Waals surface area contributed by atoms with Crippen LogP contribution < -0.4 is 0 Å². The van der Waals surface area contributed by atoms with Gasteiger partial charge in [0.25, 0.3) is 0 Å². The molecule has 0 radical (unpaired) electrons. The van der Waals surface area contributed by atoms with Crippen molar-refractivity contribution in [2.75, 3.05) is 0 Å². The molecule has 0 saturated carbocycles. The van der Waals surface area contributed by atoms with Crippen LogP contribution in [0, 0.1) is 13.8 Å². The van der Waals surface area contributed by atoms with E-state index in [1.165, 1.54) is 10.8 Å². The fourth-order valence-electron chi connectivity index (χ4n) is 6.34. The van der Waals surface area contributed by atoms with Crippen molar-refractivity contribution in [3.63, 3.8) is 0 Å². The van der Waals surface area contributed by atoms with E-state index in [1.54, 1.807) is 0 Å². The molecular formula is C44H32N4. The molecule has 8 rings (SSSR count). The molecule has 0 unspecified atom stereocenters. The van der Waals surface area contributed by atoms with Crippen LogP contribution in [0.5, 0.6) is 0 Å². The molecule has 0 aliphatic heterocycles. The van der Waals surface area contributed by atoms with E-state index in [9.17, 15) is 0 Å². The van der Waals surface area contributed by atoms with E-state index in [4.69, 9.17) is 19.9 Å². The molecule has 0 aliphatic rings. The summed E-state index contributed by atoms with van der Waals surface area (Å²) in [4.78, 5) is 19.9. The Balaban J connectivity index is 1.36. The summed E-state index contributed by atoms with van der Waals surface area (Å²) in [5.41, 5.74) is 12.1. The minimum atomic E-state index is 0.673. The summed E-state index contributed by atoms with van der Waals surface area (Å²) in [6.07, 6.45) is 0. The fourth-order valence-corrected chi connectivity index (χ4v) is 6.34. The maximum absolute atomic E-state index is 5.18. The van der Waals surface area contributed by atoms with Gasteiger partial charge in [-0.25, -0.2) is 19.9 Å². The molecule has 0 spiro atoms. The molecule has 48 heavy (non-hydrogen) atoms. The number of benzene rings is 6. The number of aromatic nitrogens is 4. The Hall–Kier alpha value is -6.26. The predicted octanol–water partition coefficient (Wildman–Crippen LogP) is 11.0. The van der Waals surface area contributed by atoms with Crippen molar-refractivity contribution in [3.8, 4) is 67.5 Å². The molecule has 6 aromatic carbocycles. The summed E-state index contributed by atoms with van der Waals surface area (Å²) in [5, 5.41) is 2.40. The molecule has 4 heteroatoms. The summed E-state index contributed by atoms with van der Waals surface area (Å²) >= 11 is 0.